The van der Waals surface area contributed by atoms with Crippen LogP contribution in [0.25, 0.3) is 0 Å². The second kappa shape index (κ2) is 6.36. The first-order valence-electron chi connectivity index (χ1n) is 6.90. The van der Waals surface area contributed by atoms with E-state index in [0.29, 0.717) is 11.8 Å². The molecule has 0 bridgehead atoms. The van der Waals surface area contributed by atoms with Gasteiger partial charge in [0.05, 0.1) is 6.04 Å². The molecule has 0 saturated carbocycles. The van der Waals surface area contributed by atoms with Gasteiger partial charge in [0.2, 0.25) is 5.91 Å². The number of hydrogen-bond donors (Lipinski definition) is 2. The molecule has 0 radical (unpaired) electrons. The molecule has 2 unspecified atom stereocenters. The van der Waals surface area contributed by atoms with Gasteiger partial charge in [-0.05, 0) is 37.6 Å². The van der Waals surface area contributed by atoms with Crippen LogP contribution < -0.4 is 10.6 Å². The molecule has 2 fully saturated rings. The molecule has 0 aromatic carbocycles. The SMILES string of the molecule is CCC1CCNC1C(=O)NCC1CCOCC1. The minimum absolute atomic E-state index is 0.0415. The molecule has 1 amide bonds. The molecule has 2 heterocycles. The number of hydrogen-bond acceptors (Lipinski definition) is 3. The number of nitrogens with one attached hydrogen (secondary N) is 2. The molecule has 98 valence electrons. The molecule has 0 aromatic heterocycles. The predicted octanol–water partition coefficient (Wildman–Crippen LogP) is 0.917. The van der Waals surface area contributed by atoms with E-state index in [1.54, 1.807) is 0 Å². The van der Waals surface area contributed by atoms with Crippen molar-refractivity contribution < 1.29 is 9.53 Å². The summed E-state index contributed by atoms with van der Waals surface area (Å²) in [7, 11) is 0. The third kappa shape index (κ3) is 3.42. The summed E-state index contributed by atoms with van der Waals surface area (Å²) in [6, 6.07) is 0.0415. The Balaban J connectivity index is 1.72. The van der Waals surface area contributed by atoms with Gasteiger partial charge >= 0.3 is 0 Å². The largest absolute Gasteiger partial charge is 0.381 e. The number of carbonyl (C=O) groups excluding carboxylic acids is 1. The highest BCUT2D eigenvalue weighted by Crippen LogP contribution is 2.19. The molecular weight excluding hydrogens is 216 g/mol. The Bertz CT molecular complexity index is 252. The summed E-state index contributed by atoms with van der Waals surface area (Å²) in [6.07, 6.45) is 4.37. The summed E-state index contributed by atoms with van der Waals surface area (Å²) in [6.45, 7) is 5.65. The van der Waals surface area contributed by atoms with Crippen molar-refractivity contribution in [2.75, 3.05) is 26.3 Å². The fraction of sp³-hybridized carbons (Fsp3) is 0.923. The smallest absolute Gasteiger partial charge is 0.237 e. The van der Waals surface area contributed by atoms with Crippen LogP contribution in [0.1, 0.15) is 32.6 Å². The average molecular weight is 240 g/mol. The maximum Gasteiger partial charge on any atom is 0.237 e. The van der Waals surface area contributed by atoms with E-state index in [1.807, 2.05) is 0 Å². The highest BCUT2D eigenvalue weighted by atomic mass is 16.5. The fourth-order valence-electron chi connectivity index (χ4n) is 2.81. The molecule has 2 aliphatic heterocycles. The molecule has 2 N–H and O–H groups in total. The molecular formula is C13H24N2O2. The van der Waals surface area contributed by atoms with E-state index in [9.17, 15) is 4.79 Å². The zero-order valence-corrected chi connectivity index (χ0v) is 10.7. The summed E-state index contributed by atoms with van der Waals surface area (Å²) in [4.78, 5) is 12.1. The van der Waals surface area contributed by atoms with Crippen LogP contribution in [0.15, 0.2) is 0 Å². The second-order valence-corrected chi connectivity index (χ2v) is 5.19. The normalized spacial score (nSPS) is 30.4. The lowest BCUT2D eigenvalue weighted by atomic mass is 9.96. The van der Waals surface area contributed by atoms with Gasteiger partial charge in [-0.15, -0.1) is 0 Å². The molecule has 0 spiro atoms. The molecule has 2 saturated heterocycles. The van der Waals surface area contributed by atoms with E-state index >= 15 is 0 Å². The lowest BCUT2D eigenvalue weighted by Gasteiger charge is -2.24. The molecule has 0 aromatic rings. The van der Waals surface area contributed by atoms with Crippen LogP contribution in [-0.4, -0.2) is 38.3 Å². The van der Waals surface area contributed by atoms with Crippen LogP contribution in [0.4, 0.5) is 0 Å². The Morgan fingerprint density at radius 3 is 2.82 bits per heavy atom. The Labute approximate surface area is 103 Å². The zero-order valence-electron chi connectivity index (χ0n) is 10.7. The predicted molar refractivity (Wildman–Crippen MR) is 66.7 cm³/mol. The van der Waals surface area contributed by atoms with Crippen LogP contribution >= 0.6 is 0 Å². The van der Waals surface area contributed by atoms with Crippen molar-refractivity contribution in [3.8, 4) is 0 Å². The summed E-state index contributed by atoms with van der Waals surface area (Å²) in [5.41, 5.74) is 0. The fourth-order valence-corrected chi connectivity index (χ4v) is 2.81. The first-order valence-corrected chi connectivity index (χ1v) is 6.90. The van der Waals surface area contributed by atoms with Gasteiger partial charge in [0.25, 0.3) is 0 Å². The van der Waals surface area contributed by atoms with Crippen LogP contribution in [-0.2, 0) is 9.53 Å². The van der Waals surface area contributed by atoms with Crippen molar-refractivity contribution in [3.63, 3.8) is 0 Å². The van der Waals surface area contributed by atoms with Crippen LogP contribution in [0.3, 0.4) is 0 Å². The van der Waals surface area contributed by atoms with Gasteiger partial charge in [-0.1, -0.05) is 13.3 Å². The summed E-state index contributed by atoms with van der Waals surface area (Å²) in [5, 5.41) is 6.41. The molecule has 2 rings (SSSR count). The Kier molecular flexibility index (Phi) is 4.80. The van der Waals surface area contributed by atoms with Gasteiger partial charge in [0, 0.05) is 19.8 Å². The Morgan fingerprint density at radius 1 is 1.35 bits per heavy atom. The van der Waals surface area contributed by atoms with E-state index < -0.39 is 0 Å². The van der Waals surface area contributed by atoms with Crippen molar-refractivity contribution in [1.82, 2.24) is 10.6 Å². The van der Waals surface area contributed by atoms with Gasteiger partial charge in [-0.3, -0.25) is 4.79 Å². The highest BCUT2D eigenvalue weighted by Gasteiger charge is 2.31. The summed E-state index contributed by atoms with van der Waals surface area (Å²) >= 11 is 0. The summed E-state index contributed by atoms with van der Waals surface area (Å²) in [5.74, 6) is 1.32. The zero-order chi connectivity index (χ0) is 12.1. The van der Waals surface area contributed by atoms with Crippen LogP contribution in [0.2, 0.25) is 0 Å². The summed E-state index contributed by atoms with van der Waals surface area (Å²) < 4.78 is 5.32. The number of ether oxygens (including phenoxy) is 1. The molecule has 2 aliphatic rings. The van der Waals surface area contributed by atoms with E-state index in [-0.39, 0.29) is 11.9 Å². The topological polar surface area (TPSA) is 50.4 Å². The van der Waals surface area contributed by atoms with Crippen molar-refractivity contribution in [2.24, 2.45) is 11.8 Å². The number of carbonyl (C=O) groups is 1. The van der Waals surface area contributed by atoms with E-state index in [1.165, 1.54) is 0 Å². The second-order valence-electron chi connectivity index (χ2n) is 5.19. The molecule has 0 aliphatic carbocycles. The quantitative estimate of drug-likeness (QED) is 0.768. The average Bonchev–Trinajstić information content (AvgIpc) is 2.85. The van der Waals surface area contributed by atoms with Gasteiger partial charge in [-0.25, -0.2) is 0 Å². The van der Waals surface area contributed by atoms with Crippen molar-refractivity contribution in [3.05, 3.63) is 0 Å². The standard InChI is InChI=1S/C13H24N2O2/c1-2-11-3-6-14-12(11)13(16)15-9-10-4-7-17-8-5-10/h10-12,14H,2-9H2,1H3,(H,15,16). The van der Waals surface area contributed by atoms with Gasteiger partial charge in [0.1, 0.15) is 0 Å². The van der Waals surface area contributed by atoms with E-state index in [2.05, 4.69) is 17.6 Å². The van der Waals surface area contributed by atoms with E-state index in [4.69, 9.17) is 4.74 Å². The lowest BCUT2D eigenvalue weighted by Crippen LogP contribution is -2.45. The molecule has 17 heavy (non-hydrogen) atoms. The monoisotopic (exact) mass is 240 g/mol. The van der Waals surface area contributed by atoms with Gasteiger partial charge in [0.15, 0.2) is 0 Å². The number of amides is 1. The maximum absolute atomic E-state index is 12.1. The van der Waals surface area contributed by atoms with Gasteiger partial charge in [-0.2, -0.15) is 0 Å². The Morgan fingerprint density at radius 2 is 2.12 bits per heavy atom. The van der Waals surface area contributed by atoms with E-state index in [0.717, 1.165) is 52.0 Å². The lowest BCUT2D eigenvalue weighted by molar-refractivity contribution is -0.124. The highest BCUT2D eigenvalue weighted by molar-refractivity contribution is 5.82. The first-order chi connectivity index (χ1) is 8.31. The number of rotatable bonds is 4. The van der Waals surface area contributed by atoms with Crippen LogP contribution in [0, 0.1) is 11.8 Å². The van der Waals surface area contributed by atoms with Crippen molar-refractivity contribution in [2.45, 2.75) is 38.6 Å². The molecule has 4 nitrogen and oxygen atoms in total. The minimum Gasteiger partial charge on any atom is -0.381 e. The minimum atomic E-state index is 0.0415. The van der Waals surface area contributed by atoms with Gasteiger partial charge < -0.3 is 15.4 Å². The third-order valence-corrected chi connectivity index (χ3v) is 4.06. The van der Waals surface area contributed by atoms with Crippen molar-refractivity contribution >= 4 is 5.91 Å². The molecule has 4 heteroatoms. The third-order valence-electron chi connectivity index (χ3n) is 4.06. The van der Waals surface area contributed by atoms with Crippen molar-refractivity contribution in [1.29, 1.82) is 0 Å². The Hall–Kier alpha value is -0.610. The first kappa shape index (κ1) is 12.8. The molecule has 2 atom stereocenters. The van der Waals surface area contributed by atoms with Crippen LogP contribution in [0.5, 0.6) is 0 Å². The maximum atomic E-state index is 12.1.